The van der Waals surface area contributed by atoms with Crippen LogP contribution in [0.1, 0.15) is 29.3 Å². The number of hydrogen-bond donors (Lipinski definition) is 1. The second-order valence-electron chi connectivity index (χ2n) is 5.49. The quantitative estimate of drug-likeness (QED) is 0.667. The lowest BCUT2D eigenvalue weighted by atomic mass is 9.96. The van der Waals surface area contributed by atoms with Gasteiger partial charge in [-0.05, 0) is 56.0 Å². The van der Waals surface area contributed by atoms with Crippen molar-refractivity contribution in [3.05, 3.63) is 34.5 Å². The molecule has 2 nitrogen and oxygen atoms in total. The first kappa shape index (κ1) is 14.2. The molecule has 2 heterocycles. The molecule has 1 aliphatic rings. The van der Waals surface area contributed by atoms with Crippen LogP contribution in [0, 0.1) is 13.8 Å². The molecule has 0 aliphatic carbocycles. The molecule has 106 valence electrons. The molecule has 0 saturated heterocycles. The highest BCUT2D eigenvalue weighted by molar-refractivity contribution is 6.78. The van der Waals surface area contributed by atoms with Gasteiger partial charge in [0.1, 0.15) is 5.71 Å². The predicted octanol–water partition coefficient (Wildman–Crippen LogP) is 4.89. The zero-order valence-electron chi connectivity index (χ0n) is 11.5. The number of aromatic nitrogens is 1. The van der Waals surface area contributed by atoms with Crippen molar-refractivity contribution in [3.8, 4) is 0 Å². The summed E-state index contributed by atoms with van der Waals surface area (Å²) in [4.78, 5) is 7.90. The molecule has 5 heteroatoms. The lowest BCUT2D eigenvalue weighted by molar-refractivity contribution is 0.727. The molecule has 0 amide bonds. The van der Waals surface area contributed by atoms with E-state index in [0.717, 1.165) is 17.6 Å². The summed E-state index contributed by atoms with van der Waals surface area (Å²) in [5.41, 5.74) is 6.17. The third-order valence-corrected chi connectivity index (χ3v) is 4.41. The van der Waals surface area contributed by atoms with Crippen molar-refractivity contribution in [3.63, 3.8) is 0 Å². The van der Waals surface area contributed by atoms with Crippen molar-refractivity contribution in [1.29, 1.82) is 0 Å². The highest BCUT2D eigenvalue weighted by Gasteiger charge is 2.35. The fourth-order valence-corrected chi connectivity index (χ4v) is 3.20. The maximum Gasteiger partial charge on any atom is 0.234 e. The molecule has 0 saturated carbocycles. The summed E-state index contributed by atoms with van der Waals surface area (Å²) in [6.07, 6.45) is 0.863. The predicted molar refractivity (Wildman–Crippen MR) is 87.8 cm³/mol. The monoisotopic (exact) mass is 328 g/mol. The van der Waals surface area contributed by atoms with Crippen LogP contribution in [0.3, 0.4) is 0 Å². The van der Waals surface area contributed by atoms with Crippen LogP contribution in [0.4, 0.5) is 0 Å². The summed E-state index contributed by atoms with van der Waals surface area (Å²) in [6.45, 7) is 6.25. The third kappa shape index (κ3) is 2.24. The van der Waals surface area contributed by atoms with E-state index in [9.17, 15) is 0 Å². The molecule has 1 unspecified atom stereocenters. The zero-order chi connectivity index (χ0) is 14.7. The van der Waals surface area contributed by atoms with E-state index >= 15 is 0 Å². The van der Waals surface area contributed by atoms with Crippen molar-refractivity contribution in [2.24, 2.45) is 4.99 Å². The minimum absolute atomic E-state index is 0.119. The molecular formula is C15H15Cl3N2. The Hall–Kier alpha value is -0.700. The van der Waals surface area contributed by atoms with Crippen molar-refractivity contribution < 1.29 is 0 Å². The van der Waals surface area contributed by atoms with Gasteiger partial charge in [-0.2, -0.15) is 0 Å². The number of alkyl halides is 3. The fourth-order valence-electron chi connectivity index (χ4n) is 2.77. The summed E-state index contributed by atoms with van der Waals surface area (Å²) in [5.74, 6) is 0. The first-order chi connectivity index (χ1) is 9.27. The molecule has 2 aromatic rings. The van der Waals surface area contributed by atoms with Crippen LogP contribution in [0.15, 0.2) is 17.1 Å². The van der Waals surface area contributed by atoms with Gasteiger partial charge in [0.2, 0.25) is 3.79 Å². The Kier molecular flexibility index (Phi) is 3.32. The largest absolute Gasteiger partial charge is 0.353 e. The number of aromatic amines is 1. The van der Waals surface area contributed by atoms with Crippen LogP contribution in [-0.4, -0.2) is 20.5 Å². The van der Waals surface area contributed by atoms with E-state index in [1.165, 1.54) is 22.1 Å². The van der Waals surface area contributed by atoms with Gasteiger partial charge in [-0.3, -0.25) is 4.99 Å². The Morgan fingerprint density at radius 2 is 1.85 bits per heavy atom. The number of H-pyrrole nitrogens is 1. The fraction of sp³-hybridized carbons (Fsp3) is 0.400. The normalized spacial score (nSPS) is 19.1. The number of nitrogens with zero attached hydrogens (tertiary/aromatic N) is 1. The van der Waals surface area contributed by atoms with Gasteiger partial charge in [0, 0.05) is 10.9 Å². The minimum atomic E-state index is -1.51. The molecule has 0 bridgehead atoms. The van der Waals surface area contributed by atoms with E-state index in [1.807, 2.05) is 6.92 Å². The van der Waals surface area contributed by atoms with E-state index in [2.05, 4.69) is 36.0 Å². The minimum Gasteiger partial charge on any atom is -0.353 e. The average Bonchev–Trinajstić information content (AvgIpc) is 2.65. The van der Waals surface area contributed by atoms with Gasteiger partial charge in [0.15, 0.2) is 0 Å². The highest BCUT2D eigenvalue weighted by Crippen LogP contribution is 2.38. The van der Waals surface area contributed by atoms with Crippen LogP contribution in [0.5, 0.6) is 0 Å². The number of benzene rings is 1. The Balaban J connectivity index is 2.30. The summed E-state index contributed by atoms with van der Waals surface area (Å²) >= 11 is 18.2. The van der Waals surface area contributed by atoms with Crippen molar-refractivity contribution in [1.82, 2.24) is 4.98 Å². The molecule has 1 N–H and O–H groups in total. The molecule has 0 fully saturated rings. The topological polar surface area (TPSA) is 28.1 Å². The first-order valence-corrected chi connectivity index (χ1v) is 7.68. The molecule has 0 radical (unpaired) electrons. The summed E-state index contributed by atoms with van der Waals surface area (Å²) < 4.78 is -1.51. The molecule has 0 spiro atoms. The Morgan fingerprint density at radius 3 is 2.50 bits per heavy atom. The van der Waals surface area contributed by atoms with Gasteiger partial charge >= 0.3 is 0 Å². The van der Waals surface area contributed by atoms with Crippen molar-refractivity contribution >= 4 is 51.4 Å². The van der Waals surface area contributed by atoms with Gasteiger partial charge in [0.25, 0.3) is 0 Å². The standard InChI is InChI=1S/C15H15Cl3N2/c1-7-4-10-11-6-9(3)19-14(15(16,17)18)13(11)20-12(10)5-8(7)2/h4-5,9,20H,6H2,1-3H3. The van der Waals surface area contributed by atoms with Gasteiger partial charge in [-0.1, -0.05) is 34.8 Å². The van der Waals surface area contributed by atoms with E-state index in [1.54, 1.807) is 0 Å². The van der Waals surface area contributed by atoms with Crippen LogP contribution in [-0.2, 0) is 6.42 Å². The molecule has 20 heavy (non-hydrogen) atoms. The van der Waals surface area contributed by atoms with Crippen LogP contribution >= 0.6 is 34.8 Å². The van der Waals surface area contributed by atoms with Crippen LogP contribution in [0.2, 0.25) is 0 Å². The van der Waals surface area contributed by atoms with Gasteiger partial charge in [-0.25, -0.2) is 0 Å². The number of aliphatic imine (C=N–C) groups is 1. The van der Waals surface area contributed by atoms with Gasteiger partial charge in [-0.15, -0.1) is 0 Å². The number of halogens is 3. The summed E-state index contributed by atoms with van der Waals surface area (Å²) in [5, 5.41) is 1.21. The van der Waals surface area contributed by atoms with Crippen LogP contribution in [0.25, 0.3) is 10.9 Å². The van der Waals surface area contributed by atoms with E-state index in [4.69, 9.17) is 34.8 Å². The molecule has 1 aromatic heterocycles. The lowest BCUT2D eigenvalue weighted by Crippen LogP contribution is -2.28. The Bertz CT molecular complexity index is 723. The summed E-state index contributed by atoms with van der Waals surface area (Å²) in [7, 11) is 0. The molecule has 1 aliphatic heterocycles. The van der Waals surface area contributed by atoms with E-state index < -0.39 is 3.79 Å². The highest BCUT2D eigenvalue weighted by atomic mass is 35.6. The first-order valence-electron chi connectivity index (χ1n) is 6.54. The van der Waals surface area contributed by atoms with Crippen molar-refractivity contribution in [2.75, 3.05) is 0 Å². The van der Waals surface area contributed by atoms with Gasteiger partial charge in [0.05, 0.1) is 11.7 Å². The smallest absolute Gasteiger partial charge is 0.234 e. The number of aryl methyl sites for hydroxylation is 2. The Labute approximate surface area is 133 Å². The second-order valence-corrected chi connectivity index (χ2v) is 7.77. The Morgan fingerprint density at radius 1 is 1.20 bits per heavy atom. The van der Waals surface area contributed by atoms with Crippen LogP contribution < -0.4 is 0 Å². The maximum absolute atomic E-state index is 6.08. The average molecular weight is 330 g/mol. The summed E-state index contributed by atoms with van der Waals surface area (Å²) in [6, 6.07) is 4.46. The number of hydrogen-bond acceptors (Lipinski definition) is 1. The maximum atomic E-state index is 6.08. The SMILES string of the molecule is Cc1cc2[nH]c3c(c2cc1C)CC(C)N=C3C(Cl)(Cl)Cl. The number of nitrogens with one attached hydrogen (secondary N) is 1. The third-order valence-electron chi connectivity index (χ3n) is 3.87. The number of rotatable bonds is 0. The number of fused-ring (bicyclic) bond motifs is 3. The second kappa shape index (κ2) is 4.66. The molecule has 3 rings (SSSR count). The molecule has 1 aromatic carbocycles. The molecule has 1 atom stereocenters. The molecular weight excluding hydrogens is 315 g/mol. The van der Waals surface area contributed by atoms with Crippen molar-refractivity contribution in [2.45, 2.75) is 37.0 Å². The zero-order valence-corrected chi connectivity index (χ0v) is 13.8. The van der Waals surface area contributed by atoms with Gasteiger partial charge < -0.3 is 4.98 Å². The lowest BCUT2D eigenvalue weighted by Gasteiger charge is -2.22. The van der Waals surface area contributed by atoms with E-state index in [-0.39, 0.29) is 6.04 Å². The van der Waals surface area contributed by atoms with E-state index in [0.29, 0.717) is 5.71 Å².